The third-order valence-corrected chi connectivity index (χ3v) is 3.56. The largest absolute Gasteiger partial charge is 0.458 e. The van der Waals surface area contributed by atoms with E-state index in [1.165, 1.54) is 0 Å². The number of fused-ring (bicyclic) bond motifs is 1. The van der Waals surface area contributed by atoms with Gasteiger partial charge in [-0.3, -0.25) is 0 Å². The summed E-state index contributed by atoms with van der Waals surface area (Å²) in [5.74, 6) is 1.13. The van der Waals surface area contributed by atoms with Crippen molar-refractivity contribution in [2.45, 2.75) is 31.8 Å². The maximum atomic E-state index is 10.4. The fourth-order valence-electron chi connectivity index (χ4n) is 2.50. The van der Waals surface area contributed by atoms with Crippen LogP contribution < -0.4 is 0 Å². The summed E-state index contributed by atoms with van der Waals surface area (Å²) in [5.41, 5.74) is 0.183. The lowest BCUT2D eigenvalue weighted by Crippen LogP contribution is -2.06. The van der Waals surface area contributed by atoms with Gasteiger partial charge < -0.3 is 9.52 Å². The second kappa shape index (κ2) is 3.36. The molecule has 0 saturated heterocycles. The highest BCUT2D eigenvalue weighted by molar-refractivity contribution is 5.78. The van der Waals surface area contributed by atoms with Crippen molar-refractivity contribution in [3.8, 4) is 0 Å². The van der Waals surface area contributed by atoms with E-state index in [1.807, 2.05) is 30.3 Å². The first-order valence-electron chi connectivity index (χ1n) is 5.95. The van der Waals surface area contributed by atoms with E-state index in [1.54, 1.807) is 0 Å². The molecule has 1 aromatic heterocycles. The summed E-state index contributed by atoms with van der Waals surface area (Å²) in [6, 6.07) is 9.88. The van der Waals surface area contributed by atoms with Gasteiger partial charge in [-0.2, -0.15) is 0 Å². The lowest BCUT2D eigenvalue weighted by atomic mass is 10.1. The van der Waals surface area contributed by atoms with Gasteiger partial charge in [-0.25, -0.2) is 0 Å². The number of hydrogen-bond acceptors (Lipinski definition) is 2. The molecule has 16 heavy (non-hydrogen) atoms. The van der Waals surface area contributed by atoms with Crippen LogP contribution >= 0.6 is 0 Å². The zero-order valence-corrected chi connectivity index (χ0v) is 9.44. The van der Waals surface area contributed by atoms with Gasteiger partial charge >= 0.3 is 0 Å². The molecule has 0 amide bonds. The maximum absolute atomic E-state index is 10.4. The van der Waals surface area contributed by atoms with E-state index in [0.717, 1.165) is 36.0 Å². The van der Waals surface area contributed by atoms with Crippen LogP contribution in [0, 0.1) is 5.92 Å². The van der Waals surface area contributed by atoms with Crippen molar-refractivity contribution in [3.63, 3.8) is 0 Å². The Morgan fingerprint density at radius 2 is 2.25 bits per heavy atom. The smallest absolute Gasteiger partial charge is 0.137 e. The first-order chi connectivity index (χ1) is 7.74. The highest BCUT2D eigenvalue weighted by Gasteiger charge is 2.55. The Hall–Kier alpha value is -1.28. The third kappa shape index (κ3) is 1.37. The number of rotatable bonds is 3. The van der Waals surface area contributed by atoms with E-state index in [-0.39, 0.29) is 0 Å². The average Bonchev–Trinajstić information content (AvgIpc) is 2.78. The van der Waals surface area contributed by atoms with Gasteiger partial charge in [0, 0.05) is 5.39 Å². The van der Waals surface area contributed by atoms with Crippen LogP contribution in [0.15, 0.2) is 34.7 Å². The first kappa shape index (κ1) is 9.91. The summed E-state index contributed by atoms with van der Waals surface area (Å²) >= 11 is 0. The minimum absolute atomic E-state index is 0.387. The fraction of sp³-hybridized carbons (Fsp3) is 0.429. The number of benzene rings is 1. The van der Waals surface area contributed by atoms with Crippen molar-refractivity contribution in [1.82, 2.24) is 0 Å². The van der Waals surface area contributed by atoms with Gasteiger partial charge in [-0.05, 0) is 30.9 Å². The van der Waals surface area contributed by atoms with E-state index < -0.39 is 5.60 Å². The zero-order chi connectivity index (χ0) is 11.2. The van der Waals surface area contributed by atoms with Gasteiger partial charge in [0.1, 0.15) is 16.9 Å². The summed E-state index contributed by atoms with van der Waals surface area (Å²) in [6.45, 7) is 2.15. The quantitative estimate of drug-likeness (QED) is 0.852. The van der Waals surface area contributed by atoms with Crippen LogP contribution in [-0.2, 0) is 5.60 Å². The number of furan rings is 1. The Kier molecular flexibility index (Phi) is 2.08. The van der Waals surface area contributed by atoms with Crippen molar-refractivity contribution < 1.29 is 9.52 Å². The van der Waals surface area contributed by atoms with Crippen LogP contribution in [-0.4, -0.2) is 5.11 Å². The van der Waals surface area contributed by atoms with Crippen molar-refractivity contribution in [1.29, 1.82) is 0 Å². The minimum atomic E-state index is -0.685. The molecule has 84 valence electrons. The molecule has 2 nitrogen and oxygen atoms in total. The highest BCUT2D eigenvalue weighted by Crippen LogP contribution is 2.55. The Labute approximate surface area is 94.9 Å². The van der Waals surface area contributed by atoms with E-state index >= 15 is 0 Å². The highest BCUT2D eigenvalue weighted by atomic mass is 16.4. The summed E-state index contributed by atoms with van der Waals surface area (Å²) in [7, 11) is 0. The maximum Gasteiger partial charge on any atom is 0.137 e. The van der Waals surface area contributed by atoms with Crippen molar-refractivity contribution in [2.24, 2.45) is 5.92 Å². The molecule has 1 aromatic carbocycles. The standard InChI is InChI=1S/C14H16O2/c1-2-5-11-9-14(11,15)13-8-10-6-3-4-7-12(10)16-13/h3-4,6-8,11,15H,2,5,9H2,1H3. The molecule has 2 heteroatoms. The monoisotopic (exact) mass is 216 g/mol. The molecular formula is C14H16O2. The van der Waals surface area contributed by atoms with Gasteiger partial charge in [-0.15, -0.1) is 0 Å². The Morgan fingerprint density at radius 3 is 3.00 bits per heavy atom. The molecule has 0 radical (unpaired) electrons. The normalized spacial score (nSPS) is 28.5. The second-order valence-electron chi connectivity index (χ2n) is 4.76. The van der Waals surface area contributed by atoms with Gasteiger partial charge in [0.2, 0.25) is 0 Å². The zero-order valence-electron chi connectivity index (χ0n) is 9.44. The van der Waals surface area contributed by atoms with Gasteiger partial charge in [0.05, 0.1) is 0 Å². The van der Waals surface area contributed by atoms with E-state index in [4.69, 9.17) is 4.42 Å². The van der Waals surface area contributed by atoms with Gasteiger partial charge in [0.25, 0.3) is 0 Å². The van der Waals surface area contributed by atoms with Crippen molar-refractivity contribution in [2.75, 3.05) is 0 Å². The van der Waals surface area contributed by atoms with E-state index in [9.17, 15) is 5.11 Å². The Bertz CT molecular complexity index is 481. The topological polar surface area (TPSA) is 33.4 Å². The number of para-hydroxylation sites is 1. The molecule has 1 aliphatic rings. The molecule has 2 atom stereocenters. The molecule has 1 N–H and O–H groups in total. The fourth-order valence-corrected chi connectivity index (χ4v) is 2.50. The van der Waals surface area contributed by atoms with Crippen LogP contribution in [0.3, 0.4) is 0 Å². The minimum Gasteiger partial charge on any atom is -0.458 e. The lowest BCUT2D eigenvalue weighted by Gasteiger charge is -2.05. The van der Waals surface area contributed by atoms with E-state index in [2.05, 4.69) is 6.92 Å². The number of aliphatic hydroxyl groups is 1. The predicted octanol–water partition coefficient (Wildman–Crippen LogP) is 3.44. The Balaban J connectivity index is 1.95. The van der Waals surface area contributed by atoms with Gasteiger partial charge in [-0.1, -0.05) is 31.5 Å². The van der Waals surface area contributed by atoms with Crippen LogP contribution in [0.4, 0.5) is 0 Å². The molecule has 2 unspecified atom stereocenters. The molecule has 1 aliphatic carbocycles. The molecule has 1 fully saturated rings. The van der Waals surface area contributed by atoms with E-state index in [0.29, 0.717) is 5.92 Å². The van der Waals surface area contributed by atoms with Crippen LogP contribution in [0.25, 0.3) is 11.0 Å². The van der Waals surface area contributed by atoms with Gasteiger partial charge in [0.15, 0.2) is 0 Å². The van der Waals surface area contributed by atoms with Crippen LogP contribution in [0.5, 0.6) is 0 Å². The van der Waals surface area contributed by atoms with Crippen LogP contribution in [0.2, 0.25) is 0 Å². The lowest BCUT2D eigenvalue weighted by molar-refractivity contribution is 0.105. The molecule has 0 spiro atoms. The third-order valence-electron chi connectivity index (χ3n) is 3.56. The summed E-state index contributed by atoms with van der Waals surface area (Å²) in [6.07, 6.45) is 3.04. The SMILES string of the molecule is CCCC1CC1(O)c1cc2ccccc2o1. The summed E-state index contributed by atoms with van der Waals surface area (Å²) in [5, 5.41) is 11.5. The molecule has 1 heterocycles. The van der Waals surface area contributed by atoms with Crippen molar-refractivity contribution >= 4 is 11.0 Å². The summed E-state index contributed by atoms with van der Waals surface area (Å²) in [4.78, 5) is 0. The number of hydrogen-bond donors (Lipinski definition) is 1. The average molecular weight is 216 g/mol. The Morgan fingerprint density at radius 1 is 1.44 bits per heavy atom. The molecular weight excluding hydrogens is 200 g/mol. The summed E-state index contributed by atoms with van der Waals surface area (Å²) < 4.78 is 5.72. The second-order valence-corrected chi connectivity index (χ2v) is 4.76. The van der Waals surface area contributed by atoms with Crippen molar-refractivity contribution in [3.05, 3.63) is 36.1 Å². The molecule has 3 rings (SSSR count). The predicted molar refractivity (Wildman–Crippen MR) is 63.1 cm³/mol. The molecule has 0 bridgehead atoms. The molecule has 0 aliphatic heterocycles. The molecule has 2 aromatic rings. The van der Waals surface area contributed by atoms with Crippen LogP contribution in [0.1, 0.15) is 31.9 Å². The first-order valence-corrected chi connectivity index (χ1v) is 5.95. The molecule has 1 saturated carbocycles.